The van der Waals surface area contributed by atoms with E-state index in [1.807, 2.05) is 20.8 Å². The lowest BCUT2D eigenvalue weighted by Crippen LogP contribution is -2.41. The normalized spacial score (nSPS) is 12.6. The van der Waals surface area contributed by atoms with Crippen molar-refractivity contribution in [3.05, 3.63) is 22.2 Å². The van der Waals surface area contributed by atoms with Crippen molar-refractivity contribution >= 4 is 15.9 Å². The summed E-state index contributed by atoms with van der Waals surface area (Å²) in [6.45, 7) is 18.8. The number of ether oxygens (including phenoxy) is 2. The van der Waals surface area contributed by atoms with Gasteiger partial charge in [-0.05, 0) is 80.1 Å². The first-order valence-electron chi connectivity index (χ1n) is 8.80. The van der Waals surface area contributed by atoms with Crippen molar-refractivity contribution in [1.82, 2.24) is 5.32 Å². The molecule has 0 saturated carbocycles. The van der Waals surface area contributed by atoms with Crippen LogP contribution in [0.15, 0.2) is 16.6 Å². The van der Waals surface area contributed by atoms with Gasteiger partial charge in [0.25, 0.3) is 0 Å². The lowest BCUT2D eigenvalue weighted by atomic mass is 9.82. The van der Waals surface area contributed by atoms with E-state index in [0.29, 0.717) is 12.0 Å². The molecule has 0 aliphatic heterocycles. The molecule has 24 heavy (non-hydrogen) atoms. The monoisotopic (exact) mass is 399 g/mol. The van der Waals surface area contributed by atoms with E-state index in [1.54, 1.807) is 0 Å². The van der Waals surface area contributed by atoms with Gasteiger partial charge in [-0.2, -0.15) is 0 Å². The molecule has 0 atom stereocenters. The summed E-state index contributed by atoms with van der Waals surface area (Å²) in [5, 5.41) is 3.67. The summed E-state index contributed by atoms with van der Waals surface area (Å²) in [5.74, 6) is 1.58. The van der Waals surface area contributed by atoms with Crippen LogP contribution in [0.25, 0.3) is 0 Å². The van der Waals surface area contributed by atoms with Gasteiger partial charge in [-0.3, -0.25) is 0 Å². The topological polar surface area (TPSA) is 30.5 Å². The average molecular weight is 400 g/mol. The Morgan fingerprint density at radius 3 is 2.25 bits per heavy atom. The Labute approximate surface area is 156 Å². The minimum Gasteiger partial charge on any atom is -0.490 e. The van der Waals surface area contributed by atoms with Gasteiger partial charge >= 0.3 is 0 Å². The molecule has 138 valence electrons. The fourth-order valence-electron chi connectivity index (χ4n) is 3.07. The Hall–Kier alpha value is -0.740. The molecule has 0 amide bonds. The molecule has 1 aromatic carbocycles. The van der Waals surface area contributed by atoms with E-state index >= 15 is 0 Å². The van der Waals surface area contributed by atoms with Crippen LogP contribution in [-0.4, -0.2) is 18.2 Å². The first-order valence-corrected chi connectivity index (χ1v) is 9.60. The maximum atomic E-state index is 5.90. The minimum absolute atomic E-state index is 0.0730. The second-order valence-corrected chi connectivity index (χ2v) is 9.33. The number of rotatable bonds is 8. The van der Waals surface area contributed by atoms with E-state index in [9.17, 15) is 0 Å². The van der Waals surface area contributed by atoms with Gasteiger partial charge in [0.1, 0.15) is 0 Å². The van der Waals surface area contributed by atoms with E-state index in [1.165, 1.54) is 5.56 Å². The molecule has 4 heteroatoms. The zero-order valence-corrected chi connectivity index (χ0v) is 18.1. The van der Waals surface area contributed by atoms with Gasteiger partial charge in [-0.15, -0.1) is 0 Å². The first kappa shape index (κ1) is 21.3. The van der Waals surface area contributed by atoms with Gasteiger partial charge in [-0.25, -0.2) is 0 Å². The molecule has 1 rings (SSSR count). The van der Waals surface area contributed by atoms with Gasteiger partial charge in [0.15, 0.2) is 11.5 Å². The highest BCUT2D eigenvalue weighted by Crippen LogP contribution is 2.38. The van der Waals surface area contributed by atoms with Crippen molar-refractivity contribution in [3.63, 3.8) is 0 Å². The van der Waals surface area contributed by atoms with Crippen LogP contribution in [0.2, 0.25) is 0 Å². The molecule has 0 saturated heterocycles. The molecule has 0 bridgehead atoms. The Balaban J connectivity index is 2.93. The zero-order valence-electron chi connectivity index (χ0n) is 16.5. The fourth-order valence-corrected chi connectivity index (χ4v) is 3.65. The Morgan fingerprint density at radius 2 is 1.75 bits per heavy atom. The molecule has 0 aliphatic carbocycles. The Bertz CT molecular complexity index is 533. The lowest BCUT2D eigenvalue weighted by Gasteiger charge is -2.33. The summed E-state index contributed by atoms with van der Waals surface area (Å²) in [5.41, 5.74) is 1.55. The van der Waals surface area contributed by atoms with Crippen LogP contribution in [0, 0.1) is 5.41 Å². The minimum atomic E-state index is 0.0730. The number of halogens is 1. The summed E-state index contributed by atoms with van der Waals surface area (Å²) >= 11 is 3.63. The van der Waals surface area contributed by atoms with E-state index < -0.39 is 0 Å². The third-order valence-corrected chi connectivity index (χ3v) is 4.06. The van der Waals surface area contributed by atoms with Crippen LogP contribution in [0.5, 0.6) is 11.5 Å². The van der Waals surface area contributed by atoms with Crippen molar-refractivity contribution in [1.29, 1.82) is 0 Å². The lowest BCUT2D eigenvalue weighted by molar-refractivity contribution is 0.221. The van der Waals surface area contributed by atoms with Gasteiger partial charge in [0, 0.05) is 12.1 Å². The first-order chi connectivity index (χ1) is 10.9. The van der Waals surface area contributed by atoms with Crippen molar-refractivity contribution in [2.45, 2.75) is 80.0 Å². The van der Waals surface area contributed by atoms with Crippen molar-refractivity contribution < 1.29 is 9.47 Å². The van der Waals surface area contributed by atoms with Crippen LogP contribution in [0.1, 0.15) is 67.4 Å². The summed E-state index contributed by atoms with van der Waals surface area (Å²) in [7, 11) is 0. The maximum Gasteiger partial charge on any atom is 0.175 e. The molecule has 0 spiro atoms. The molecule has 0 fully saturated rings. The molecule has 0 heterocycles. The van der Waals surface area contributed by atoms with Crippen LogP contribution >= 0.6 is 15.9 Å². The van der Waals surface area contributed by atoms with E-state index in [-0.39, 0.29) is 11.6 Å². The summed E-state index contributed by atoms with van der Waals surface area (Å²) in [4.78, 5) is 0. The summed E-state index contributed by atoms with van der Waals surface area (Å²) in [6, 6.07) is 4.19. The fraction of sp³-hybridized carbons (Fsp3) is 0.700. The molecular weight excluding hydrogens is 366 g/mol. The molecular formula is C20H34BrNO2. The molecule has 3 nitrogen and oxygen atoms in total. The number of hydrogen-bond acceptors (Lipinski definition) is 3. The molecule has 1 N–H and O–H groups in total. The zero-order chi connectivity index (χ0) is 18.5. The molecule has 0 aliphatic rings. The second-order valence-electron chi connectivity index (χ2n) is 8.48. The highest BCUT2D eigenvalue weighted by molar-refractivity contribution is 9.10. The van der Waals surface area contributed by atoms with Gasteiger partial charge in [-0.1, -0.05) is 20.8 Å². The van der Waals surface area contributed by atoms with Crippen molar-refractivity contribution in [3.8, 4) is 11.5 Å². The maximum absolute atomic E-state index is 5.90. The SMILES string of the molecule is CCOc1cc(CNC(C)(C)CC(C)(C)C)cc(Br)c1OC(C)C. The molecule has 0 radical (unpaired) electrons. The van der Waals surface area contributed by atoms with E-state index in [2.05, 4.69) is 68.0 Å². The Morgan fingerprint density at radius 1 is 1.12 bits per heavy atom. The van der Waals surface area contributed by atoms with Crippen LogP contribution in [0.4, 0.5) is 0 Å². The van der Waals surface area contributed by atoms with Gasteiger partial charge in [0.2, 0.25) is 0 Å². The highest BCUT2D eigenvalue weighted by atomic mass is 79.9. The van der Waals surface area contributed by atoms with Crippen LogP contribution in [0.3, 0.4) is 0 Å². The largest absolute Gasteiger partial charge is 0.490 e. The molecule has 0 unspecified atom stereocenters. The standard InChI is InChI=1S/C20H34BrNO2/c1-9-23-17-11-15(10-16(21)18(17)24-14(2)3)12-22-20(7,8)13-19(4,5)6/h10-11,14,22H,9,12-13H2,1-8H3. The van der Waals surface area contributed by atoms with Crippen LogP contribution < -0.4 is 14.8 Å². The number of nitrogens with one attached hydrogen (secondary N) is 1. The van der Waals surface area contributed by atoms with Crippen molar-refractivity contribution in [2.75, 3.05) is 6.61 Å². The van der Waals surface area contributed by atoms with E-state index in [0.717, 1.165) is 28.9 Å². The predicted octanol–water partition coefficient (Wildman–Crippen LogP) is 5.94. The van der Waals surface area contributed by atoms with Gasteiger partial charge in [0.05, 0.1) is 17.2 Å². The highest BCUT2D eigenvalue weighted by Gasteiger charge is 2.25. The van der Waals surface area contributed by atoms with Crippen molar-refractivity contribution in [2.24, 2.45) is 5.41 Å². The molecule has 0 aromatic heterocycles. The van der Waals surface area contributed by atoms with E-state index in [4.69, 9.17) is 9.47 Å². The Kier molecular flexibility index (Phi) is 7.61. The quantitative estimate of drug-likeness (QED) is 0.586. The number of benzene rings is 1. The third-order valence-electron chi connectivity index (χ3n) is 3.47. The second kappa shape index (κ2) is 8.57. The predicted molar refractivity (Wildman–Crippen MR) is 106 cm³/mol. The average Bonchev–Trinajstić information content (AvgIpc) is 2.38. The summed E-state index contributed by atoms with van der Waals surface area (Å²) < 4.78 is 12.6. The molecule has 1 aromatic rings. The van der Waals surface area contributed by atoms with Crippen LogP contribution in [-0.2, 0) is 6.54 Å². The number of hydrogen-bond donors (Lipinski definition) is 1. The third kappa shape index (κ3) is 7.43. The smallest absolute Gasteiger partial charge is 0.175 e. The summed E-state index contributed by atoms with van der Waals surface area (Å²) in [6.07, 6.45) is 1.21. The van der Waals surface area contributed by atoms with Gasteiger partial charge < -0.3 is 14.8 Å².